The van der Waals surface area contributed by atoms with E-state index in [0.717, 1.165) is 11.1 Å². The second kappa shape index (κ2) is 7.62. The summed E-state index contributed by atoms with van der Waals surface area (Å²) in [6.45, 7) is -0.0636. The molecule has 0 spiro atoms. The number of nitriles is 1. The van der Waals surface area contributed by atoms with Crippen LogP contribution in [0, 0.1) is 11.3 Å². The van der Waals surface area contributed by atoms with Gasteiger partial charge in [0.25, 0.3) is 5.56 Å². The van der Waals surface area contributed by atoms with E-state index >= 15 is 0 Å². The van der Waals surface area contributed by atoms with Crippen LogP contribution in [0.4, 0.5) is 0 Å². The molecule has 29 heavy (non-hydrogen) atoms. The third-order valence-electron chi connectivity index (χ3n) is 4.86. The molecule has 0 amide bonds. The van der Waals surface area contributed by atoms with Crippen molar-refractivity contribution < 1.29 is 9.84 Å². The van der Waals surface area contributed by atoms with Crippen LogP contribution in [0.2, 0.25) is 0 Å². The molecule has 0 aliphatic rings. The van der Waals surface area contributed by atoms with Gasteiger partial charge in [0.2, 0.25) is 0 Å². The van der Waals surface area contributed by atoms with E-state index in [1.54, 1.807) is 43.8 Å². The summed E-state index contributed by atoms with van der Waals surface area (Å²) in [6.07, 6.45) is 3.31. The van der Waals surface area contributed by atoms with Crippen LogP contribution in [0.5, 0.6) is 5.75 Å². The number of methoxy groups -OCH3 is 1. The molecule has 0 fully saturated rings. The molecular weight excluding hydrogens is 368 g/mol. The van der Waals surface area contributed by atoms with Crippen molar-refractivity contribution in [1.82, 2.24) is 14.2 Å². The van der Waals surface area contributed by atoms with Crippen molar-refractivity contribution in [1.29, 1.82) is 5.26 Å². The van der Waals surface area contributed by atoms with Gasteiger partial charge in [0.05, 0.1) is 37.6 Å². The molecule has 0 saturated heterocycles. The maximum atomic E-state index is 13.1. The van der Waals surface area contributed by atoms with Crippen LogP contribution in [0.25, 0.3) is 16.8 Å². The van der Waals surface area contributed by atoms with Gasteiger partial charge in [0.1, 0.15) is 11.3 Å². The molecular formula is C22H18N4O3. The van der Waals surface area contributed by atoms with E-state index in [1.807, 2.05) is 24.3 Å². The number of ether oxygens (including phenoxy) is 1. The Morgan fingerprint density at radius 2 is 1.90 bits per heavy atom. The number of aromatic nitrogens is 3. The first-order valence-corrected chi connectivity index (χ1v) is 9.00. The molecule has 0 aliphatic carbocycles. The summed E-state index contributed by atoms with van der Waals surface area (Å²) in [5.74, 6) is 0.710. The lowest BCUT2D eigenvalue weighted by Crippen LogP contribution is -2.23. The average molecular weight is 386 g/mol. The summed E-state index contributed by atoms with van der Waals surface area (Å²) in [5.41, 5.74) is 3.09. The number of hydrogen-bond acceptors (Lipinski definition) is 5. The van der Waals surface area contributed by atoms with Gasteiger partial charge in [-0.05, 0) is 35.9 Å². The van der Waals surface area contributed by atoms with Gasteiger partial charge in [0.15, 0.2) is 0 Å². The fraction of sp³-hybridized carbons (Fsp3) is 0.136. The van der Waals surface area contributed by atoms with Gasteiger partial charge in [-0.25, -0.2) is 4.52 Å². The van der Waals surface area contributed by atoms with Crippen LogP contribution >= 0.6 is 0 Å². The van der Waals surface area contributed by atoms with Crippen LogP contribution in [-0.2, 0) is 13.2 Å². The van der Waals surface area contributed by atoms with Gasteiger partial charge >= 0.3 is 0 Å². The molecule has 2 aromatic heterocycles. The van der Waals surface area contributed by atoms with E-state index in [9.17, 15) is 15.2 Å². The first-order chi connectivity index (χ1) is 14.2. The molecule has 0 atom stereocenters. The molecule has 1 N–H and O–H groups in total. The highest BCUT2D eigenvalue weighted by atomic mass is 16.5. The van der Waals surface area contributed by atoms with E-state index in [4.69, 9.17) is 4.74 Å². The maximum absolute atomic E-state index is 13.1. The van der Waals surface area contributed by atoms with Crippen molar-refractivity contribution in [2.45, 2.75) is 13.2 Å². The molecule has 0 unspecified atom stereocenters. The Balaban J connectivity index is 1.84. The number of fused-ring (bicyclic) bond motifs is 1. The van der Waals surface area contributed by atoms with Crippen molar-refractivity contribution in [2.75, 3.05) is 7.11 Å². The fourth-order valence-corrected chi connectivity index (χ4v) is 3.36. The molecule has 4 rings (SSSR count). The Kier molecular flexibility index (Phi) is 4.85. The first-order valence-electron chi connectivity index (χ1n) is 9.00. The first kappa shape index (κ1) is 18.5. The van der Waals surface area contributed by atoms with E-state index < -0.39 is 0 Å². The number of aliphatic hydroxyl groups is 1. The van der Waals surface area contributed by atoms with Gasteiger partial charge in [0, 0.05) is 23.5 Å². The number of hydrogen-bond donors (Lipinski definition) is 1. The summed E-state index contributed by atoms with van der Waals surface area (Å²) in [5, 5.41) is 23.8. The fourth-order valence-electron chi connectivity index (χ4n) is 3.36. The van der Waals surface area contributed by atoms with Crippen molar-refractivity contribution in [3.8, 4) is 23.1 Å². The summed E-state index contributed by atoms with van der Waals surface area (Å²) >= 11 is 0. The summed E-state index contributed by atoms with van der Waals surface area (Å²) in [7, 11) is 1.59. The molecule has 2 aromatic carbocycles. The van der Waals surface area contributed by atoms with Gasteiger partial charge in [-0.3, -0.25) is 4.79 Å². The van der Waals surface area contributed by atoms with Crippen molar-refractivity contribution in [2.24, 2.45) is 0 Å². The van der Waals surface area contributed by atoms with Gasteiger partial charge in [-0.1, -0.05) is 18.2 Å². The lowest BCUT2D eigenvalue weighted by Gasteiger charge is -2.08. The monoisotopic (exact) mass is 386 g/mol. The van der Waals surface area contributed by atoms with Crippen LogP contribution in [0.3, 0.4) is 0 Å². The van der Waals surface area contributed by atoms with E-state index in [-0.39, 0.29) is 18.7 Å². The van der Waals surface area contributed by atoms with Crippen molar-refractivity contribution in [3.05, 3.63) is 88.0 Å². The van der Waals surface area contributed by atoms with Crippen LogP contribution in [-0.4, -0.2) is 26.4 Å². The number of benzene rings is 2. The Morgan fingerprint density at radius 1 is 1.14 bits per heavy atom. The van der Waals surface area contributed by atoms with E-state index in [2.05, 4.69) is 11.2 Å². The second-order valence-electron chi connectivity index (χ2n) is 6.51. The zero-order chi connectivity index (χ0) is 20.4. The predicted octanol–water partition coefficient (Wildman–Crippen LogP) is 2.58. The molecule has 7 heteroatoms. The molecule has 0 saturated carbocycles. The van der Waals surface area contributed by atoms with Gasteiger partial charge in [-0.15, -0.1) is 0 Å². The highest BCUT2D eigenvalue weighted by Gasteiger charge is 2.18. The number of rotatable bonds is 5. The number of aliphatic hydroxyl groups excluding tert-OH is 1. The topological polar surface area (TPSA) is 92.5 Å². The molecule has 4 aromatic rings. The minimum Gasteiger partial charge on any atom is -0.497 e. The van der Waals surface area contributed by atoms with Gasteiger partial charge in [-0.2, -0.15) is 10.4 Å². The summed E-state index contributed by atoms with van der Waals surface area (Å²) < 4.78 is 8.18. The quantitative estimate of drug-likeness (QED) is 0.569. The second-order valence-corrected chi connectivity index (χ2v) is 6.51. The standard InChI is InChI=1S/C22H18N4O3/c1-29-18-8-6-15(7-9-18)20-19(14-27)21-22(28)25(10-11-26(21)24-20)13-17-5-3-2-4-16(17)12-23/h2-11,27H,13-14H2,1H3. The van der Waals surface area contributed by atoms with E-state index in [0.29, 0.717) is 28.1 Å². The molecule has 0 radical (unpaired) electrons. The third kappa shape index (κ3) is 3.26. The van der Waals surface area contributed by atoms with Crippen molar-refractivity contribution >= 4 is 5.52 Å². The minimum absolute atomic E-state index is 0.257. The molecule has 144 valence electrons. The molecule has 0 bridgehead atoms. The van der Waals surface area contributed by atoms with Crippen molar-refractivity contribution in [3.63, 3.8) is 0 Å². The van der Waals surface area contributed by atoms with Crippen LogP contribution < -0.4 is 10.3 Å². The zero-order valence-corrected chi connectivity index (χ0v) is 15.7. The lowest BCUT2D eigenvalue weighted by molar-refractivity contribution is 0.283. The molecule has 7 nitrogen and oxygen atoms in total. The zero-order valence-electron chi connectivity index (χ0n) is 15.7. The largest absolute Gasteiger partial charge is 0.497 e. The Morgan fingerprint density at radius 3 is 2.59 bits per heavy atom. The SMILES string of the molecule is COc1ccc(-c2nn3ccn(Cc4ccccc4C#N)c(=O)c3c2CO)cc1. The van der Waals surface area contributed by atoms with Gasteiger partial charge < -0.3 is 14.4 Å². The normalized spacial score (nSPS) is 10.8. The minimum atomic E-state index is -0.321. The average Bonchev–Trinajstić information content (AvgIpc) is 3.15. The number of nitrogens with zero attached hydrogens (tertiary/aromatic N) is 4. The summed E-state index contributed by atoms with van der Waals surface area (Å²) in [4.78, 5) is 13.1. The Hall–Kier alpha value is -3.89. The smallest absolute Gasteiger partial charge is 0.277 e. The lowest BCUT2D eigenvalue weighted by atomic mass is 10.1. The highest BCUT2D eigenvalue weighted by Crippen LogP contribution is 2.26. The third-order valence-corrected chi connectivity index (χ3v) is 4.86. The highest BCUT2D eigenvalue weighted by molar-refractivity contribution is 5.72. The van der Waals surface area contributed by atoms with Crippen LogP contribution in [0.1, 0.15) is 16.7 Å². The summed E-state index contributed by atoms with van der Waals surface area (Å²) in [6, 6.07) is 16.6. The van der Waals surface area contributed by atoms with Crippen LogP contribution in [0.15, 0.2) is 65.7 Å². The Labute approximate surface area is 166 Å². The van der Waals surface area contributed by atoms with E-state index in [1.165, 1.54) is 9.08 Å². The Bertz CT molecular complexity index is 1280. The molecule has 0 aliphatic heterocycles. The maximum Gasteiger partial charge on any atom is 0.277 e. The predicted molar refractivity (Wildman–Crippen MR) is 108 cm³/mol. The molecule has 2 heterocycles.